The predicted octanol–water partition coefficient (Wildman–Crippen LogP) is 2.23. The Morgan fingerprint density at radius 2 is 1.91 bits per heavy atom. The number of ether oxygens (including phenoxy) is 1. The van der Waals surface area contributed by atoms with E-state index in [0.29, 0.717) is 5.41 Å². The first-order chi connectivity index (χ1) is 11.3. The minimum absolute atomic E-state index is 0.394. The summed E-state index contributed by atoms with van der Waals surface area (Å²) in [6, 6.07) is 0. The third kappa shape index (κ3) is 6.30. The van der Waals surface area contributed by atoms with E-state index >= 15 is 0 Å². The molecule has 0 aromatic heterocycles. The van der Waals surface area contributed by atoms with Gasteiger partial charge < -0.3 is 20.3 Å². The maximum Gasteiger partial charge on any atom is 0.191 e. The van der Waals surface area contributed by atoms with Crippen LogP contribution < -0.4 is 10.6 Å². The number of hydrogen-bond acceptors (Lipinski definition) is 3. The van der Waals surface area contributed by atoms with Crippen LogP contribution in [0.2, 0.25) is 0 Å². The minimum Gasteiger partial charge on any atom is -0.385 e. The Morgan fingerprint density at radius 3 is 2.52 bits per heavy atom. The van der Waals surface area contributed by atoms with Gasteiger partial charge in [-0.1, -0.05) is 12.8 Å². The summed E-state index contributed by atoms with van der Waals surface area (Å²) in [6.07, 6.45) is 9.20. The smallest absolute Gasteiger partial charge is 0.191 e. The average Bonchev–Trinajstić information content (AvgIpc) is 2.54. The lowest BCUT2D eigenvalue weighted by atomic mass is 9.67. The van der Waals surface area contributed by atoms with Gasteiger partial charge in [0.25, 0.3) is 0 Å². The van der Waals surface area contributed by atoms with Crippen molar-refractivity contribution in [1.29, 1.82) is 0 Å². The summed E-state index contributed by atoms with van der Waals surface area (Å²) < 4.78 is 5.27. The zero-order valence-corrected chi connectivity index (χ0v) is 15.2. The van der Waals surface area contributed by atoms with Gasteiger partial charge in [-0.2, -0.15) is 0 Å². The first-order valence-corrected chi connectivity index (χ1v) is 9.51. The molecule has 0 unspecified atom stereocenters. The first kappa shape index (κ1) is 18.5. The van der Waals surface area contributed by atoms with Gasteiger partial charge in [0.15, 0.2) is 5.96 Å². The van der Waals surface area contributed by atoms with Crippen LogP contribution in [0, 0.1) is 5.41 Å². The largest absolute Gasteiger partial charge is 0.385 e. The van der Waals surface area contributed by atoms with Crippen LogP contribution in [0.4, 0.5) is 0 Å². The fraction of sp³-hybridized carbons (Fsp3) is 0.944. The number of piperidine rings is 1. The van der Waals surface area contributed by atoms with E-state index in [-0.39, 0.29) is 0 Å². The molecule has 0 atom stereocenters. The van der Waals surface area contributed by atoms with E-state index in [1.807, 2.05) is 0 Å². The van der Waals surface area contributed by atoms with Gasteiger partial charge in [0.05, 0.1) is 0 Å². The average molecular weight is 325 g/mol. The van der Waals surface area contributed by atoms with Crippen LogP contribution in [0.25, 0.3) is 0 Å². The fourth-order valence-electron chi connectivity index (χ4n) is 3.59. The molecule has 23 heavy (non-hydrogen) atoms. The van der Waals surface area contributed by atoms with Crippen molar-refractivity contribution < 1.29 is 4.74 Å². The topological polar surface area (TPSA) is 48.9 Å². The Bertz CT molecular complexity index is 349. The van der Waals surface area contributed by atoms with Crippen molar-refractivity contribution in [3.63, 3.8) is 0 Å². The summed E-state index contributed by atoms with van der Waals surface area (Å²) in [5.74, 6) is 0.980. The van der Waals surface area contributed by atoms with Crippen molar-refractivity contribution in [2.75, 3.05) is 53.0 Å². The Kier molecular flexibility index (Phi) is 8.17. The summed E-state index contributed by atoms with van der Waals surface area (Å²) in [7, 11) is 1.79. The van der Waals surface area contributed by atoms with Gasteiger partial charge in [-0.05, 0) is 57.5 Å². The van der Waals surface area contributed by atoms with Gasteiger partial charge >= 0.3 is 0 Å². The zero-order valence-electron chi connectivity index (χ0n) is 15.2. The van der Waals surface area contributed by atoms with E-state index in [0.717, 1.165) is 45.2 Å². The summed E-state index contributed by atoms with van der Waals surface area (Å²) >= 11 is 0. The third-order valence-electron chi connectivity index (χ3n) is 5.34. The Balaban J connectivity index is 1.74. The molecule has 2 N–H and O–H groups in total. The maximum absolute atomic E-state index is 5.27. The molecule has 1 saturated carbocycles. The van der Waals surface area contributed by atoms with Crippen molar-refractivity contribution >= 4 is 5.96 Å². The normalized spacial score (nSPS) is 21.7. The number of likely N-dealkylation sites (tertiary alicyclic amines) is 1. The van der Waals surface area contributed by atoms with Gasteiger partial charge in [-0.15, -0.1) is 0 Å². The SMILES string of the molecule is CCNC(=NCC1(CCOC)CCC1)NCCN1CCCCC1. The van der Waals surface area contributed by atoms with Crippen LogP contribution in [0.15, 0.2) is 4.99 Å². The molecule has 5 heteroatoms. The number of hydrogen-bond donors (Lipinski definition) is 2. The van der Waals surface area contributed by atoms with Crippen LogP contribution in [0.1, 0.15) is 51.9 Å². The number of guanidine groups is 1. The highest BCUT2D eigenvalue weighted by atomic mass is 16.5. The fourth-order valence-corrected chi connectivity index (χ4v) is 3.59. The highest BCUT2D eigenvalue weighted by Crippen LogP contribution is 2.44. The molecule has 1 aliphatic heterocycles. The van der Waals surface area contributed by atoms with Crippen LogP contribution in [0.5, 0.6) is 0 Å². The van der Waals surface area contributed by atoms with Crippen molar-refractivity contribution in [2.24, 2.45) is 10.4 Å². The summed E-state index contributed by atoms with van der Waals surface area (Å²) in [6.45, 7) is 9.46. The quantitative estimate of drug-likeness (QED) is 0.504. The van der Waals surface area contributed by atoms with E-state index in [9.17, 15) is 0 Å². The van der Waals surface area contributed by atoms with E-state index in [1.165, 1.54) is 51.6 Å². The van der Waals surface area contributed by atoms with E-state index in [1.54, 1.807) is 7.11 Å². The van der Waals surface area contributed by atoms with Gasteiger partial charge in [-0.3, -0.25) is 4.99 Å². The molecule has 2 fully saturated rings. The predicted molar refractivity (Wildman–Crippen MR) is 97.0 cm³/mol. The Labute approximate surface area is 142 Å². The lowest BCUT2D eigenvalue weighted by molar-refractivity contribution is 0.0778. The van der Waals surface area contributed by atoms with E-state index in [2.05, 4.69) is 22.5 Å². The third-order valence-corrected chi connectivity index (χ3v) is 5.34. The van der Waals surface area contributed by atoms with Gasteiger partial charge in [-0.25, -0.2) is 0 Å². The molecule has 0 radical (unpaired) electrons. The van der Waals surface area contributed by atoms with Gasteiger partial charge in [0.2, 0.25) is 0 Å². The number of nitrogens with zero attached hydrogens (tertiary/aromatic N) is 2. The zero-order chi connectivity index (χ0) is 16.4. The Hall–Kier alpha value is -0.810. The molecule has 5 nitrogen and oxygen atoms in total. The standard InChI is InChI=1S/C18H36N4O/c1-3-19-17(20-11-14-22-12-5-4-6-13-22)21-16-18(8-7-9-18)10-15-23-2/h3-16H2,1-2H3,(H2,19,20,21). The lowest BCUT2D eigenvalue weighted by Gasteiger charge is -2.40. The molecule has 2 rings (SSSR count). The van der Waals surface area contributed by atoms with Gasteiger partial charge in [0.1, 0.15) is 0 Å². The summed E-state index contributed by atoms with van der Waals surface area (Å²) in [4.78, 5) is 7.43. The molecule has 0 aromatic rings. The molecule has 0 bridgehead atoms. The molecule has 0 aromatic carbocycles. The van der Waals surface area contributed by atoms with Crippen LogP contribution in [-0.2, 0) is 4.74 Å². The molecular formula is C18H36N4O. The molecule has 0 spiro atoms. The second-order valence-corrected chi connectivity index (χ2v) is 7.12. The lowest BCUT2D eigenvalue weighted by Crippen LogP contribution is -2.43. The molecular weight excluding hydrogens is 288 g/mol. The van der Waals surface area contributed by atoms with Crippen LogP contribution in [-0.4, -0.2) is 63.8 Å². The molecule has 1 heterocycles. The maximum atomic E-state index is 5.27. The van der Waals surface area contributed by atoms with Crippen molar-refractivity contribution in [1.82, 2.24) is 15.5 Å². The number of aliphatic imine (C=N–C) groups is 1. The second kappa shape index (κ2) is 10.1. The summed E-state index contributed by atoms with van der Waals surface area (Å²) in [5.41, 5.74) is 0.394. The van der Waals surface area contributed by atoms with Crippen molar-refractivity contribution in [3.8, 4) is 0 Å². The highest BCUT2D eigenvalue weighted by Gasteiger charge is 2.36. The number of methoxy groups -OCH3 is 1. The highest BCUT2D eigenvalue weighted by molar-refractivity contribution is 5.79. The second-order valence-electron chi connectivity index (χ2n) is 7.12. The molecule has 134 valence electrons. The monoisotopic (exact) mass is 324 g/mol. The molecule has 0 amide bonds. The minimum atomic E-state index is 0.394. The molecule has 2 aliphatic rings. The van der Waals surface area contributed by atoms with Crippen LogP contribution in [0.3, 0.4) is 0 Å². The Morgan fingerprint density at radius 1 is 1.13 bits per heavy atom. The van der Waals surface area contributed by atoms with E-state index < -0.39 is 0 Å². The van der Waals surface area contributed by atoms with Crippen LogP contribution >= 0.6 is 0 Å². The number of nitrogens with one attached hydrogen (secondary N) is 2. The van der Waals surface area contributed by atoms with E-state index in [4.69, 9.17) is 9.73 Å². The molecule has 1 saturated heterocycles. The first-order valence-electron chi connectivity index (χ1n) is 9.51. The van der Waals surface area contributed by atoms with Gasteiger partial charge in [0, 0.05) is 39.9 Å². The van der Waals surface area contributed by atoms with Crippen molar-refractivity contribution in [2.45, 2.75) is 51.9 Å². The van der Waals surface area contributed by atoms with Crippen molar-refractivity contribution in [3.05, 3.63) is 0 Å². The number of rotatable bonds is 9. The summed E-state index contributed by atoms with van der Waals surface area (Å²) in [5, 5.41) is 6.90. The molecule has 1 aliphatic carbocycles.